The summed E-state index contributed by atoms with van der Waals surface area (Å²) in [6, 6.07) is 3.32. The maximum Gasteiger partial charge on any atom is 0.258 e. The molecule has 0 atom stereocenters. The van der Waals surface area contributed by atoms with Gasteiger partial charge in [0.05, 0.1) is 28.4 Å². The van der Waals surface area contributed by atoms with Crippen molar-refractivity contribution in [2.75, 3.05) is 0 Å². The molecule has 0 saturated heterocycles. The van der Waals surface area contributed by atoms with Crippen LogP contribution in [0.2, 0.25) is 0 Å². The van der Waals surface area contributed by atoms with Gasteiger partial charge in [-0.25, -0.2) is 19.2 Å². The van der Waals surface area contributed by atoms with Crippen molar-refractivity contribution in [3.63, 3.8) is 0 Å². The zero-order valence-electron chi connectivity index (χ0n) is 22.1. The second-order valence-electron chi connectivity index (χ2n) is 9.08. The van der Waals surface area contributed by atoms with Gasteiger partial charge in [-0.05, 0) is 61.5 Å². The van der Waals surface area contributed by atoms with E-state index in [1.54, 1.807) is 12.1 Å². The predicted octanol–water partition coefficient (Wildman–Crippen LogP) is 4.40. The van der Waals surface area contributed by atoms with Crippen LogP contribution in [0, 0.1) is 14.2 Å². The Morgan fingerprint density at radius 2 is 1.06 bits per heavy atom. The molecule has 0 bridgehead atoms. The van der Waals surface area contributed by atoms with Gasteiger partial charge in [-0.2, -0.15) is 0 Å². The van der Waals surface area contributed by atoms with Crippen molar-refractivity contribution in [1.82, 2.24) is 9.97 Å². The molecule has 2 rings (SSSR count). The summed E-state index contributed by atoms with van der Waals surface area (Å²) in [4.78, 5) is 19.1. The summed E-state index contributed by atoms with van der Waals surface area (Å²) >= 11 is 0. The minimum absolute atomic E-state index is 0. The van der Waals surface area contributed by atoms with E-state index in [2.05, 4.69) is 24.2 Å². The summed E-state index contributed by atoms with van der Waals surface area (Å²) in [6.45, 7) is 15.1. The third kappa shape index (κ3) is 12.3. The average Bonchev–Trinajstić information content (AvgIpc) is 2.62. The van der Waals surface area contributed by atoms with Crippen LogP contribution >= 0.6 is 0 Å². The summed E-state index contributed by atoms with van der Waals surface area (Å²) in [5.74, 6) is 0.817. The molecule has 0 saturated carbocycles. The van der Waals surface area contributed by atoms with Gasteiger partial charge in [0.1, 0.15) is 11.2 Å². The molecule has 7 nitrogen and oxygen atoms in total. The Hall–Kier alpha value is 4.50. The molecule has 0 aliphatic rings. The van der Waals surface area contributed by atoms with Crippen molar-refractivity contribution in [1.29, 1.82) is 0 Å². The van der Waals surface area contributed by atoms with E-state index in [-0.39, 0.29) is 202 Å². The number of fused-ring (bicyclic) bond motifs is 1. The van der Waals surface area contributed by atoms with Gasteiger partial charge in [-0.1, -0.05) is 0 Å². The zero-order chi connectivity index (χ0) is 22.3. The van der Waals surface area contributed by atoms with Crippen LogP contribution in [-0.4, -0.2) is 32.4 Å². The first-order valence-corrected chi connectivity index (χ1v) is 9.43. The van der Waals surface area contributed by atoms with Crippen LogP contribution < -0.4 is 15.0 Å². The molecule has 0 aliphatic heterocycles. The minimum Gasteiger partial charge on any atom is -0.548 e. The molecule has 1 aromatic carbocycles. The van der Waals surface area contributed by atoms with Gasteiger partial charge in [0.2, 0.25) is 0 Å². The van der Waals surface area contributed by atoms with Crippen LogP contribution in [0.15, 0.2) is 23.3 Å². The molecule has 0 unspecified atom stereocenters. The van der Waals surface area contributed by atoms with E-state index in [9.17, 15) is 4.79 Å². The molecule has 1 heterocycles. The van der Waals surface area contributed by atoms with Crippen LogP contribution in [0.3, 0.4) is 0 Å². The maximum absolute atomic E-state index is 12.3. The molecular formula is C22H32N2O5Y6-2. The van der Waals surface area contributed by atoms with Crippen LogP contribution in [0.1, 0.15) is 55.4 Å². The molecule has 2 aromatic rings. The van der Waals surface area contributed by atoms with Crippen LogP contribution in [0.25, 0.3) is 10.9 Å². The van der Waals surface area contributed by atoms with Crippen LogP contribution in [0.4, 0.5) is 0 Å². The van der Waals surface area contributed by atoms with Gasteiger partial charge in [0, 0.05) is 202 Å². The number of hydrogen-bond donors (Lipinski definition) is 1. The van der Waals surface area contributed by atoms with E-state index >= 15 is 0 Å². The van der Waals surface area contributed by atoms with E-state index in [4.69, 9.17) is 18.9 Å². The fourth-order valence-electron chi connectivity index (χ4n) is 2.38. The van der Waals surface area contributed by atoms with Gasteiger partial charge in [0.15, 0.2) is 11.5 Å². The summed E-state index contributed by atoms with van der Waals surface area (Å²) in [7, 11) is 7.11. The van der Waals surface area contributed by atoms with Crippen LogP contribution in [-0.2, 0) is 206 Å². The first-order chi connectivity index (χ1) is 13.2. The van der Waals surface area contributed by atoms with Crippen molar-refractivity contribution in [2.45, 2.75) is 77.8 Å². The van der Waals surface area contributed by atoms with E-state index in [1.165, 1.54) is 6.33 Å². The molecule has 180 valence electrons. The normalized spacial score (nSPS) is 11.3. The minimum atomic E-state index is -0.794. The molecule has 0 amide bonds. The second-order valence-corrected chi connectivity index (χ2v) is 9.08. The number of benzene rings is 1. The Bertz CT molecular complexity index is 952. The van der Waals surface area contributed by atoms with E-state index < -0.39 is 22.4 Å². The number of H-pyrrole nitrogens is 1. The molecule has 0 aliphatic carbocycles. The van der Waals surface area contributed by atoms with Gasteiger partial charge in [0.25, 0.3) is 5.56 Å². The Kier molecular flexibility index (Phi) is 27.6. The summed E-state index contributed by atoms with van der Waals surface area (Å²) in [5.41, 5.74) is -2.76. The molecule has 0 fully saturated rings. The van der Waals surface area contributed by atoms with E-state index in [1.807, 2.05) is 55.4 Å². The third-order valence-corrected chi connectivity index (χ3v) is 6.06. The Labute approximate surface area is 361 Å². The number of aromatic nitrogens is 2. The number of rotatable bonds is 8. The van der Waals surface area contributed by atoms with E-state index in [0.29, 0.717) is 22.4 Å². The number of nitrogens with one attached hydrogen (secondary N) is 1. The number of ether oxygens (including phenoxy) is 4. The van der Waals surface area contributed by atoms with Crippen molar-refractivity contribution in [2.24, 2.45) is 0 Å². The first kappa shape index (κ1) is 49.2. The number of aromatic amines is 1. The quantitative estimate of drug-likeness (QED) is 0.396. The zero-order valence-corrected chi connectivity index (χ0v) is 39.1. The maximum atomic E-state index is 12.3. The molecule has 0 spiro atoms. The number of nitrogens with zero attached hydrogens (tertiary/aromatic N) is 1. The van der Waals surface area contributed by atoms with Gasteiger partial charge in [-0.15, -0.1) is 0 Å². The largest absolute Gasteiger partial charge is 0.548 e. The van der Waals surface area contributed by atoms with Gasteiger partial charge < -0.3 is 23.9 Å². The molecule has 13 heteroatoms. The predicted molar refractivity (Wildman–Crippen MR) is 113 cm³/mol. The smallest absolute Gasteiger partial charge is 0.258 e. The van der Waals surface area contributed by atoms with Crippen LogP contribution in [0.5, 0.6) is 11.5 Å². The van der Waals surface area contributed by atoms with E-state index in [0.717, 1.165) is 0 Å². The fraction of sp³-hybridized carbons (Fsp3) is 0.545. The first-order valence-electron chi connectivity index (χ1n) is 9.43. The third-order valence-electron chi connectivity index (χ3n) is 6.06. The summed E-state index contributed by atoms with van der Waals surface area (Å²) < 4.78 is 23.4. The SMILES string of the molecule is [CH2-]OC(C)(C)C(C)(C)Oc1cc2nc[nH]c(=O)c2cc1OC(C)(C)C(C)(C)O[CH2-].[Y].[Y].[Y].[Y].[Y].[Y]. The van der Waals surface area contributed by atoms with Crippen molar-refractivity contribution < 1.29 is 215 Å². The monoisotopic (exact) mass is 938 g/mol. The summed E-state index contributed by atoms with van der Waals surface area (Å²) in [6.07, 6.45) is 1.35. The molecule has 6 radical (unpaired) electrons. The van der Waals surface area contributed by atoms with Crippen molar-refractivity contribution >= 4 is 10.9 Å². The molecule has 1 aromatic heterocycles. The Morgan fingerprint density at radius 1 is 0.686 bits per heavy atom. The second kappa shape index (κ2) is 19.6. The molecule has 1 N–H and O–H groups in total. The Morgan fingerprint density at radius 3 is 1.43 bits per heavy atom. The topological polar surface area (TPSA) is 82.7 Å². The molecular weight excluding hydrogens is 906 g/mol. The van der Waals surface area contributed by atoms with Crippen molar-refractivity contribution in [3.05, 3.63) is 43.0 Å². The fourth-order valence-corrected chi connectivity index (χ4v) is 2.38. The average molecular weight is 938 g/mol. The molecule has 35 heavy (non-hydrogen) atoms. The standard InChI is InChI=1S/C22H32N2O5.6Y/c1-19(2,26-9)21(5,6)28-16-11-14-15(23-13-24-18(14)25)12-17(16)29-22(7,8)20(3,4)27-10;;;;;;/h11-13H,9-10H2,1-8H3,(H,23,24,25);;;;;;/q-2;;;;;;. The van der Waals surface area contributed by atoms with Crippen molar-refractivity contribution in [3.8, 4) is 11.5 Å². The van der Waals surface area contributed by atoms with Gasteiger partial charge in [-0.3, -0.25) is 4.79 Å². The van der Waals surface area contributed by atoms with Gasteiger partial charge >= 0.3 is 0 Å². The number of hydrogen-bond acceptors (Lipinski definition) is 6. The Balaban J connectivity index is -0.000000500. The summed E-state index contributed by atoms with van der Waals surface area (Å²) in [5, 5.41) is 0.393.